The van der Waals surface area contributed by atoms with E-state index in [2.05, 4.69) is 10.6 Å². The van der Waals surface area contributed by atoms with E-state index in [9.17, 15) is 19.5 Å². The number of carbonyl (C=O) groups is 3. The molecule has 0 saturated carbocycles. The molecule has 0 bridgehead atoms. The Balaban J connectivity index is 1.73. The smallest absolute Gasteiger partial charge is 0.255 e. The van der Waals surface area contributed by atoms with Gasteiger partial charge in [-0.05, 0) is 53.8 Å². The van der Waals surface area contributed by atoms with Crippen LogP contribution in [0.1, 0.15) is 27.1 Å². The Labute approximate surface area is 191 Å². The minimum absolute atomic E-state index is 0.178. The fourth-order valence-corrected chi connectivity index (χ4v) is 3.62. The van der Waals surface area contributed by atoms with E-state index in [4.69, 9.17) is 0 Å². The summed E-state index contributed by atoms with van der Waals surface area (Å²) in [6.45, 7) is 0. The summed E-state index contributed by atoms with van der Waals surface area (Å²) in [4.78, 5) is 36.8. The van der Waals surface area contributed by atoms with E-state index in [0.717, 1.165) is 11.1 Å². The SMILES string of the molecule is CSCC[C@@H](NC(=O)c1ccccc1NC(=O)c1ccc(-c2ccccc2)cc1)C(=O)[O-]. The van der Waals surface area contributed by atoms with Crippen LogP contribution < -0.4 is 15.7 Å². The second-order valence-corrected chi connectivity index (χ2v) is 8.06. The first-order valence-corrected chi connectivity index (χ1v) is 11.5. The molecular formula is C25H23N2O4S-. The standard InChI is InChI=1S/C25H24N2O4S/c1-32-16-15-22(25(30)31)27-24(29)20-9-5-6-10-21(20)26-23(28)19-13-11-18(12-14-19)17-7-3-2-4-8-17/h2-14,22H,15-16H2,1H3,(H,26,28)(H,27,29)(H,30,31)/p-1/t22-/m1/s1. The molecule has 0 aromatic heterocycles. The van der Waals surface area contributed by atoms with Gasteiger partial charge < -0.3 is 20.5 Å². The maximum absolute atomic E-state index is 12.8. The number of nitrogens with one attached hydrogen (secondary N) is 2. The van der Waals surface area contributed by atoms with Crippen LogP contribution in [-0.2, 0) is 4.79 Å². The molecule has 0 saturated heterocycles. The Bertz CT molecular complexity index is 1080. The highest BCUT2D eigenvalue weighted by Gasteiger charge is 2.18. The van der Waals surface area contributed by atoms with Crippen molar-refractivity contribution in [3.63, 3.8) is 0 Å². The van der Waals surface area contributed by atoms with Crippen LogP contribution in [0.25, 0.3) is 11.1 Å². The number of hydrogen-bond donors (Lipinski definition) is 2. The van der Waals surface area contributed by atoms with Crippen LogP contribution in [0.5, 0.6) is 0 Å². The summed E-state index contributed by atoms with van der Waals surface area (Å²) in [5.74, 6) is -1.73. The molecule has 0 heterocycles. The van der Waals surface area contributed by atoms with Gasteiger partial charge in [-0.1, -0.05) is 54.6 Å². The van der Waals surface area contributed by atoms with Crippen molar-refractivity contribution in [3.8, 4) is 11.1 Å². The molecule has 0 aliphatic carbocycles. The average Bonchev–Trinajstić information content (AvgIpc) is 2.82. The molecular weight excluding hydrogens is 424 g/mol. The number of hydrogen-bond acceptors (Lipinski definition) is 5. The Morgan fingerprint density at radius 2 is 1.47 bits per heavy atom. The summed E-state index contributed by atoms with van der Waals surface area (Å²) in [5, 5.41) is 16.6. The number of para-hydroxylation sites is 1. The van der Waals surface area contributed by atoms with Crippen molar-refractivity contribution in [2.24, 2.45) is 0 Å². The molecule has 6 nitrogen and oxygen atoms in total. The number of anilines is 1. The third kappa shape index (κ3) is 5.98. The first-order valence-electron chi connectivity index (χ1n) is 10.1. The number of rotatable bonds is 9. The largest absolute Gasteiger partial charge is 0.548 e. The summed E-state index contributed by atoms with van der Waals surface area (Å²) in [7, 11) is 0. The molecule has 2 amide bonds. The van der Waals surface area contributed by atoms with Crippen molar-refractivity contribution in [1.29, 1.82) is 0 Å². The number of amides is 2. The van der Waals surface area contributed by atoms with Crippen LogP contribution in [0.15, 0.2) is 78.9 Å². The fourth-order valence-electron chi connectivity index (χ4n) is 3.15. The lowest BCUT2D eigenvalue weighted by molar-refractivity contribution is -0.308. The molecule has 1 atom stereocenters. The van der Waals surface area contributed by atoms with Crippen molar-refractivity contribution < 1.29 is 19.5 Å². The van der Waals surface area contributed by atoms with Gasteiger partial charge in [-0.2, -0.15) is 11.8 Å². The van der Waals surface area contributed by atoms with E-state index >= 15 is 0 Å². The maximum atomic E-state index is 12.8. The van der Waals surface area contributed by atoms with E-state index < -0.39 is 17.9 Å². The number of aliphatic carboxylic acids is 1. The fraction of sp³-hybridized carbons (Fsp3) is 0.160. The molecule has 3 aromatic carbocycles. The molecule has 7 heteroatoms. The number of carbonyl (C=O) groups excluding carboxylic acids is 3. The van der Waals surface area contributed by atoms with Gasteiger partial charge in [-0.15, -0.1) is 0 Å². The highest BCUT2D eigenvalue weighted by Crippen LogP contribution is 2.21. The zero-order valence-electron chi connectivity index (χ0n) is 17.5. The Morgan fingerprint density at radius 1 is 0.844 bits per heavy atom. The second kappa shape index (κ2) is 11.2. The lowest BCUT2D eigenvalue weighted by Gasteiger charge is -2.20. The molecule has 0 unspecified atom stereocenters. The van der Waals surface area contributed by atoms with Crippen LogP contribution in [0.4, 0.5) is 5.69 Å². The van der Waals surface area contributed by atoms with Gasteiger partial charge in [-0.3, -0.25) is 9.59 Å². The minimum Gasteiger partial charge on any atom is -0.548 e. The average molecular weight is 448 g/mol. The van der Waals surface area contributed by atoms with E-state index in [1.165, 1.54) is 17.8 Å². The lowest BCUT2D eigenvalue weighted by atomic mass is 10.0. The third-order valence-corrected chi connectivity index (χ3v) is 5.52. The van der Waals surface area contributed by atoms with Gasteiger partial charge in [-0.25, -0.2) is 0 Å². The zero-order valence-corrected chi connectivity index (χ0v) is 18.4. The van der Waals surface area contributed by atoms with Crippen molar-refractivity contribution in [2.45, 2.75) is 12.5 Å². The van der Waals surface area contributed by atoms with Crippen molar-refractivity contribution in [3.05, 3.63) is 90.0 Å². The molecule has 3 aromatic rings. The van der Waals surface area contributed by atoms with Gasteiger partial charge in [0.05, 0.1) is 23.3 Å². The number of carboxylic acids is 1. The molecule has 0 fully saturated rings. The molecule has 0 radical (unpaired) electrons. The molecule has 164 valence electrons. The highest BCUT2D eigenvalue weighted by atomic mass is 32.2. The van der Waals surface area contributed by atoms with Gasteiger partial charge in [0.1, 0.15) is 0 Å². The summed E-state index contributed by atoms with van der Waals surface area (Å²) in [5.41, 5.74) is 2.94. The molecule has 2 N–H and O–H groups in total. The van der Waals surface area contributed by atoms with Crippen molar-refractivity contribution in [1.82, 2.24) is 5.32 Å². The predicted molar refractivity (Wildman–Crippen MR) is 126 cm³/mol. The van der Waals surface area contributed by atoms with E-state index in [-0.39, 0.29) is 17.9 Å². The van der Waals surface area contributed by atoms with Gasteiger partial charge in [0.15, 0.2) is 0 Å². The number of benzene rings is 3. The molecule has 0 aliphatic heterocycles. The van der Waals surface area contributed by atoms with Crippen LogP contribution in [0.3, 0.4) is 0 Å². The highest BCUT2D eigenvalue weighted by molar-refractivity contribution is 7.98. The number of thioether (sulfide) groups is 1. The summed E-state index contributed by atoms with van der Waals surface area (Å²) in [6.07, 6.45) is 2.10. The molecule has 3 rings (SSSR count). The molecule has 32 heavy (non-hydrogen) atoms. The minimum atomic E-state index is -1.34. The Kier molecular flexibility index (Phi) is 8.05. The number of carboxylic acid groups (broad SMARTS) is 1. The zero-order chi connectivity index (χ0) is 22.9. The summed E-state index contributed by atoms with van der Waals surface area (Å²) >= 11 is 1.48. The quantitative estimate of drug-likeness (QED) is 0.525. The lowest BCUT2D eigenvalue weighted by Crippen LogP contribution is -2.48. The Morgan fingerprint density at radius 3 is 2.12 bits per heavy atom. The molecule has 0 aliphatic rings. The monoisotopic (exact) mass is 447 g/mol. The van der Waals surface area contributed by atoms with Crippen molar-refractivity contribution >= 4 is 35.2 Å². The van der Waals surface area contributed by atoms with E-state index in [1.807, 2.05) is 48.7 Å². The van der Waals surface area contributed by atoms with E-state index in [0.29, 0.717) is 17.0 Å². The summed E-state index contributed by atoms with van der Waals surface area (Å²) in [6, 6.07) is 22.3. The van der Waals surface area contributed by atoms with Crippen LogP contribution in [0.2, 0.25) is 0 Å². The van der Waals surface area contributed by atoms with Crippen LogP contribution >= 0.6 is 11.8 Å². The summed E-state index contributed by atoms with van der Waals surface area (Å²) < 4.78 is 0. The first-order chi connectivity index (χ1) is 15.5. The Hall–Kier alpha value is -3.58. The van der Waals surface area contributed by atoms with Crippen LogP contribution in [-0.4, -0.2) is 35.8 Å². The van der Waals surface area contributed by atoms with Gasteiger partial charge in [0.2, 0.25) is 0 Å². The normalized spacial score (nSPS) is 11.4. The topological polar surface area (TPSA) is 98.3 Å². The van der Waals surface area contributed by atoms with Gasteiger partial charge in [0.25, 0.3) is 11.8 Å². The maximum Gasteiger partial charge on any atom is 0.255 e. The first kappa shape index (κ1) is 23.1. The van der Waals surface area contributed by atoms with Gasteiger partial charge >= 0.3 is 0 Å². The van der Waals surface area contributed by atoms with Gasteiger partial charge in [0, 0.05) is 5.56 Å². The molecule has 0 spiro atoms. The van der Waals surface area contributed by atoms with E-state index in [1.54, 1.807) is 30.3 Å². The van der Waals surface area contributed by atoms with Crippen molar-refractivity contribution in [2.75, 3.05) is 17.3 Å². The second-order valence-electron chi connectivity index (χ2n) is 7.07. The third-order valence-electron chi connectivity index (χ3n) is 4.87. The van der Waals surface area contributed by atoms with Crippen LogP contribution in [0, 0.1) is 0 Å². The predicted octanol–water partition coefficient (Wildman–Crippen LogP) is 3.21.